The van der Waals surface area contributed by atoms with Crippen molar-refractivity contribution in [3.8, 4) is 17.1 Å². The number of methoxy groups -OCH3 is 1. The average molecular weight is 278 g/mol. The van der Waals surface area contributed by atoms with Gasteiger partial charge in [-0.1, -0.05) is 24.6 Å². The zero-order valence-electron chi connectivity index (χ0n) is 11.0. The second kappa shape index (κ2) is 6.38. The van der Waals surface area contributed by atoms with Crippen molar-refractivity contribution in [2.24, 2.45) is 0 Å². The Morgan fingerprint density at radius 2 is 2.16 bits per heavy atom. The van der Waals surface area contributed by atoms with Crippen LogP contribution in [0.1, 0.15) is 13.3 Å². The van der Waals surface area contributed by atoms with Crippen LogP contribution in [0.2, 0.25) is 5.02 Å². The molecule has 2 aromatic rings. The van der Waals surface area contributed by atoms with Crippen molar-refractivity contribution >= 4 is 17.4 Å². The topological polar surface area (TPSA) is 47.0 Å². The van der Waals surface area contributed by atoms with Crippen molar-refractivity contribution in [1.29, 1.82) is 0 Å². The molecule has 100 valence electrons. The van der Waals surface area contributed by atoms with Crippen LogP contribution in [0.3, 0.4) is 0 Å². The number of benzene rings is 1. The van der Waals surface area contributed by atoms with Gasteiger partial charge in [-0.25, -0.2) is 9.97 Å². The van der Waals surface area contributed by atoms with Crippen LogP contribution < -0.4 is 10.1 Å². The van der Waals surface area contributed by atoms with Crippen LogP contribution >= 0.6 is 11.6 Å². The number of hydrogen-bond acceptors (Lipinski definition) is 4. The highest BCUT2D eigenvalue weighted by Crippen LogP contribution is 2.34. The maximum atomic E-state index is 6.22. The third kappa shape index (κ3) is 3.15. The minimum absolute atomic E-state index is 0.559. The number of halogens is 1. The van der Waals surface area contributed by atoms with Crippen LogP contribution in [0.15, 0.2) is 30.5 Å². The van der Waals surface area contributed by atoms with Crippen LogP contribution in [0.4, 0.5) is 5.82 Å². The molecule has 0 atom stereocenters. The van der Waals surface area contributed by atoms with Crippen molar-refractivity contribution in [3.63, 3.8) is 0 Å². The Kier molecular flexibility index (Phi) is 4.58. The molecule has 1 N–H and O–H groups in total. The maximum Gasteiger partial charge on any atom is 0.166 e. The molecule has 0 fully saturated rings. The fraction of sp³-hybridized carbons (Fsp3) is 0.286. The predicted molar refractivity (Wildman–Crippen MR) is 77.8 cm³/mol. The first kappa shape index (κ1) is 13.6. The van der Waals surface area contributed by atoms with E-state index in [0.29, 0.717) is 22.2 Å². The summed E-state index contributed by atoms with van der Waals surface area (Å²) in [6.45, 7) is 2.97. The normalized spacial score (nSPS) is 10.3. The van der Waals surface area contributed by atoms with Crippen LogP contribution in [0, 0.1) is 0 Å². The van der Waals surface area contributed by atoms with Crippen LogP contribution in [0.5, 0.6) is 5.75 Å². The number of anilines is 1. The van der Waals surface area contributed by atoms with Gasteiger partial charge in [-0.15, -0.1) is 0 Å². The highest BCUT2D eigenvalue weighted by atomic mass is 35.5. The van der Waals surface area contributed by atoms with E-state index in [4.69, 9.17) is 16.3 Å². The van der Waals surface area contributed by atoms with Gasteiger partial charge in [-0.05, 0) is 24.6 Å². The minimum Gasteiger partial charge on any atom is -0.496 e. The zero-order chi connectivity index (χ0) is 13.7. The first-order chi connectivity index (χ1) is 9.26. The highest BCUT2D eigenvalue weighted by Gasteiger charge is 2.13. The van der Waals surface area contributed by atoms with Crippen molar-refractivity contribution in [1.82, 2.24) is 9.97 Å². The number of rotatable bonds is 5. The highest BCUT2D eigenvalue weighted by molar-refractivity contribution is 6.33. The summed E-state index contributed by atoms with van der Waals surface area (Å²) in [7, 11) is 1.61. The summed E-state index contributed by atoms with van der Waals surface area (Å²) in [5.41, 5.74) is 0.715. The lowest BCUT2D eigenvalue weighted by Crippen LogP contribution is -2.03. The number of ether oxygens (including phenoxy) is 1. The van der Waals surface area contributed by atoms with Gasteiger partial charge in [0.05, 0.1) is 17.7 Å². The fourth-order valence-corrected chi connectivity index (χ4v) is 1.97. The molecule has 1 aromatic heterocycles. The quantitative estimate of drug-likeness (QED) is 0.907. The van der Waals surface area contributed by atoms with Gasteiger partial charge in [0.1, 0.15) is 11.6 Å². The molecular formula is C14H16ClN3O. The van der Waals surface area contributed by atoms with E-state index in [-0.39, 0.29) is 0 Å². The molecule has 1 aromatic carbocycles. The van der Waals surface area contributed by atoms with E-state index in [1.54, 1.807) is 19.4 Å². The number of aromatic nitrogens is 2. The molecule has 0 aliphatic rings. The van der Waals surface area contributed by atoms with Gasteiger partial charge in [-0.2, -0.15) is 0 Å². The zero-order valence-corrected chi connectivity index (χ0v) is 11.7. The van der Waals surface area contributed by atoms with Crippen LogP contribution in [0.25, 0.3) is 11.4 Å². The molecule has 0 aliphatic heterocycles. The standard InChI is InChI=1S/C14H16ClN3O/c1-3-8-16-12-7-9-17-14(18-12)13-10(15)5-4-6-11(13)19-2/h4-7,9H,3,8H2,1-2H3,(H,16,17,18). The van der Waals surface area contributed by atoms with Gasteiger partial charge >= 0.3 is 0 Å². The average Bonchev–Trinajstić information content (AvgIpc) is 2.45. The van der Waals surface area contributed by atoms with Gasteiger partial charge in [0.2, 0.25) is 0 Å². The second-order valence-electron chi connectivity index (χ2n) is 4.01. The summed E-state index contributed by atoms with van der Waals surface area (Å²) in [4.78, 5) is 8.73. The number of nitrogens with one attached hydrogen (secondary N) is 1. The van der Waals surface area contributed by atoms with Crippen molar-refractivity contribution < 1.29 is 4.74 Å². The lowest BCUT2D eigenvalue weighted by atomic mass is 10.2. The van der Waals surface area contributed by atoms with Crippen molar-refractivity contribution in [2.45, 2.75) is 13.3 Å². The molecule has 0 spiro atoms. The lowest BCUT2D eigenvalue weighted by molar-refractivity contribution is 0.416. The van der Waals surface area contributed by atoms with Gasteiger partial charge in [0.15, 0.2) is 5.82 Å². The van der Waals surface area contributed by atoms with Crippen LogP contribution in [-0.2, 0) is 0 Å². The summed E-state index contributed by atoms with van der Waals surface area (Å²) in [5, 5.41) is 3.80. The summed E-state index contributed by atoms with van der Waals surface area (Å²) >= 11 is 6.22. The Hall–Kier alpha value is -1.81. The first-order valence-corrected chi connectivity index (χ1v) is 6.54. The summed E-state index contributed by atoms with van der Waals surface area (Å²) in [5.74, 6) is 2.01. The maximum absolute atomic E-state index is 6.22. The van der Waals surface area contributed by atoms with E-state index in [2.05, 4.69) is 22.2 Å². The summed E-state index contributed by atoms with van der Waals surface area (Å²) in [6.07, 6.45) is 2.75. The number of hydrogen-bond donors (Lipinski definition) is 1. The molecule has 0 amide bonds. The Labute approximate surface area is 117 Å². The molecule has 1 heterocycles. The van der Waals surface area contributed by atoms with Gasteiger partial charge in [0, 0.05) is 12.7 Å². The van der Waals surface area contributed by atoms with Gasteiger partial charge in [-0.3, -0.25) is 0 Å². The summed E-state index contributed by atoms with van der Waals surface area (Å²) in [6, 6.07) is 7.32. The number of nitrogens with zero attached hydrogens (tertiary/aromatic N) is 2. The largest absolute Gasteiger partial charge is 0.496 e. The third-order valence-electron chi connectivity index (χ3n) is 2.63. The van der Waals surface area contributed by atoms with Crippen molar-refractivity contribution in [2.75, 3.05) is 19.0 Å². The second-order valence-corrected chi connectivity index (χ2v) is 4.42. The molecule has 0 saturated heterocycles. The predicted octanol–water partition coefficient (Wildman–Crippen LogP) is 3.63. The van der Waals surface area contributed by atoms with E-state index in [0.717, 1.165) is 18.8 Å². The Morgan fingerprint density at radius 1 is 1.32 bits per heavy atom. The summed E-state index contributed by atoms with van der Waals surface area (Å²) < 4.78 is 5.32. The molecule has 5 heteroatoms. The molecule has 0 unspecified atom stereocenters. The monoisotopic (exact) mass is 277 g/mol. The molecule has 0 aliphatic carbocycles. The molecule has 0 radical (unpaired) electrons. The van der Waals surface area contributed by atoms with E-state index < -0.39 is 0 Å². The molecular weight excluding hydrogens is 262 g/mol. The van der Waals surface area contributed by atoms with E-state index in [1.165, 1.54) is 0 Å². The SMILES string of the molecule is CCCNc1ccnc(-c2c(Cl)cccc2OC)n1. The van der Waals surface area contributed by atoms with E-state index >= 15 is 0 Å². The molecule has 0 bridgehead atoms. The van der Waals surface area contributed by atoms with Gasteiger partial charge < -0.3 is 10.1 Å². The molecule has 0 saturated carbocycles. The van der Waals surface area contributed by atoms with E-state index in [1.807, 2.05) is 18.2 Å². The Bertz CT molecular complexity index is 560. The third-order valence-corrected chi connectivity index (χ3v) is 2.95. The molecule has 2 rings (SSSR count). The van der Waals surface area contributed by atoms with Crippen LogP contribution in [-0.4, -0.2) is 23.6 Å². The van der Waals surface area contributed by atoms with E-state index in [9.17, 15) is 0 Å². The minimum atomic E-state index is 0.559. The smallest absolute Gasteiger partial charge is 0.166 e. The fourth-order valence-electron chi connectivity index (χ4n) is 1.72. The lowest BCUT2D eigenvalue weighted by Gasteiger charge is -2.10. The first-order valence-electron chi connectivity index (χ1n) is 6.16. The van der Waals surface area contributed by atoms with Gasteiger partial charge in [0.25, 0.3) is 0 Å². The molecule has 19 heavy (non-hydrogen) atoms. The Morgan fingerprint density at radius 3 is 2.89 bits per heavy atom. The Balaban J connectivity index is 2.41. The van der Waals surface area contributed by atoms with Crippen molar-refractivity contribution in [3.05, 3.63) is 35.5 Å². The molecule has 4 nitrogen and oxygen atoms in total.